The van der Waals surface area contributed by atoms with Crippen molar-refractivity contribution in [3.8, 4) is 0 Å². The van der Waals surface area contributed by atoms with Crippen molar-refractivity contribution in [2.45, 2.75) is 12.6 Å². The molecule has 110 valence electrons. The number of nitrogens with two attached hydrogens (primary N) is 1. The third-order valence-corrected chi connectivity index (χ3v) is 3.68. The van der Waals surface area contributed by atoms with Crippen LogP contribution in [0.25, 0.3) is 0 Å². The van der Waals surface area contributed by atoms with Crippen molar-refractivity contribution in [2.75, 3.05) is 32.7 Å². The van der Waals surface area contributed by atoms with Gasteiger partial charge in [0.15, 0.2) is 0 Å². The summed E-state index contributed by atoms with van der Waals surface area (Å²) < 4.78 is 12.8. The minimum Gasteiger partial charge on any atom is -0.480 e. The lowest BCUT2D eigenvalue weighted by Crippen LogP contribution is -2.54. The first-order valence-electron chi connectivity index (χ1n) is 6.74. The molecule has 1 aromatic carbocycles. The number of carbonyl (C=O) groups is 1. The number of rotatable bonds is 5. The van der Waals surface area contributed by atoms with Gasteiger partial charge in [-0.15, -0.1) is 0 Å². The first-order chi connectivity index (χ1) is 9.60. The van der Waals surface area contributed by atoms with Crippen LogP contribution in [0, 0.1) is 5.82 Å². The molecule has 0 radical (unpaired) electrons. The highest BCUT2D eigenvalue weighted by Crippen LogP contribution is 2.11. The molecule has 1 saturated heterocycles. The Hall–Kier alpha value is -1.50. The number of hydrogen-bond donors (Lipinski definition) is 2. The molecular weight excluding hydrogens is 261 g/mol. The zero-order valence-corrected chi connectivity index (χ0v) is 11.3. The third-order valence-electron chi connectivity index (χ3n) is 3.68. The fourth-order valence-electron chi connectivity index (χ4n) is 2.49. The summed E-state index contributed by atoms with van der Waals surface area (Å²) in [6, 6.07) is 5.88. The average Bonchev–Trinajstić information content (AvgIpc) is 2.44. The van der Waals surface area contributed by atoms with Crippen LogP contribution in [-0.2, 0) is 11.3 Å². The molecule has 0 bridgehead atoms. The van der Waals surface area contributed by atoms with Gasteiger partial charge in [-0.25, -0.2) is 4.39 Å². The molecule has 5 nitrogen and oxygen atoms in total. The van der Waals surface area contributed by atoms with Gasteiger partial charge in [0.25, 0.3) is 0 Å². The van der Waals surface area contributed by atoms with E-state index in [0.717, 1.165) is 25.2 Å². The number of hydrogen-bond acceptors (Lipinski definition) is 4. The Morgan fingerprint density at radius 3 is 2.35 bits per heavy atom. The molecule has 0 saturated carbocycles. The standard InChI is InChI=1S/C14H20FN3O2/c15-12-3-1-11(2-4-12)10-17-5-7-18(8-6-17)13(9-16)14(19)20/h1-4,13H,5-10,16H2,(H,19,20). The number of carboxylic acids is 1. The maximum Gasteiger partial charge on any atom is 0.322 e. The van der Waals surface area contributed by atoms with Crippen molar-refractivity contribution in [1.82, 2.24) is 9.80 Å². The van der Waals surface area contributed by atoms with Crippen LogP contribution in [0.5, 0.6) is 0 Å². The summed E-state index contributed by atoms with van der Waals surface area (Å²) >= 11 is 0. The van der Waals surface area contributed by atoms with Crippen LogP contribution in [0.15, 0.2) is 24.3 Å². The van der Waals surface area contributed by atoms with Crippen LogP contribution >= 0.6 is 0 Å². The second-order valence-electron chi connectivity index (χ2n) is 5.03. The summed E-state index contributed by atoms with van der Waals surface area (Å²) in [7, 11) is 0. The van der Waals surface area contributed by atoms with Crippen LogP contribution in [0.3, 0.4) is 0 Å². The molecule has 1 unspecified atom stereocenters. The van der Waals surface area contributed by atoms with E-state index < -0.39 is 12.0 Å². The molecule has 0 aliphatic carbocycles. The SMILES string of the molecule is NCC(C(=O)O)N1CCN(Cc2ccc(F)cc2)CC1. The topological polar surface area (TPSA) is 69.8 Å². The van der Waals surface area contributed by atoms with E-state index in [1.165, 1.54) is 12.1 Å². The average molecular weight is 281 g/mol. The molecule has 20 heavy (non-hydrogen) atoms. The van der Waals surface area contributed by atoms with Gasteiger partial charge in [-0.1, -0.05) is 12.1 Å². The van der Waals surface area contributed by atoms with Gasteiger partial charge in [0, 0.05) is 39.3 Å². The van der Waals surface area contributed by atoms with E-state index in [9.17, 15) is 9.18 Å². The molecular formula is C14H20FN3O2. The summed E-state index contributed by atoms with van der Waals surface area (Å²) in [5.74, 6) is -1.09. The maximum atomic E-state index is 12.8. The fourth-order valence-corrected chi connectivity index (χ4v) is 2.49. The quantitative estimate of drug-likeness (QED) is 0.815. The number of benzene rings is 1. The van der Waals surface area contributed by atoms with Gasteiger partial charge >= 0.3 is 5.97 Å². The Morgan fingerprint density at radius 1 is 1.25 bits per heavy atom. The lowest BCUT2D eigenvalue weighted by Gasteiger charge is -2.37. The van der Waals surface area contributed by atoms with Crippen LogP contribution < -0.4 is 5.73 Å². The summed E-state index contributed by atoms with van der Waals surface area (Å²) in [6.07, 6.45) is 0. The van der Waals surface area contributed by atoms with Crippen molar-refractivity contribution in [3.05, 3.63) is 35.6 Å². The number of aliphatic carboxylic acids is 1. The predicted molar refractivity (Wildman–Crippen MR) is 73.7 cm³/mol. The molecule has 0 amide bonds. The van der Waals surface area contributed by atoms with E-state index in [1.54, 1.807) is 12.1 Å². The van der Waals surface area contributed by atoms with E-state index in [4.69, 9.17) is 10.8 Å². The molecule has 1 fully saturated rings. The van der Waals surface area contributed by atoms with Crippen molar-refractivity contribution >= 4 is 5.97 Å². The van der Waals surface area contributed by atoms with E-state index in [1.807, 2.05) is 4.90 Å². The largest absolute Gasteiger partial charge is 0.480 e. The predicted octanol–water partition coefficient (Wildman–Crippen LogP) is 0.355. The van der Waals surface area contributed by atoms with E-state index >= 15 is 0 Å². The summed E-state index contributed by atoms with van der Waals surface area (Å²) in [5, 5.41) is 9.08. The molecule has 2 rings (SSSR count). The van der Waals surface area contributed by atoms with Gasteiger partial charge in [0.2, 0.25) is 0 Å². The van der Waals surface area contributed by atoms with Gasteiger partial charge in [-0.3, -0.25) is 14.6 Å². The number of nitrogens with zero attached hydrogens (tertiary/aromatic N) is 2. The Labute approximate surface area is 117 Å². The van der Waals surface area contributed by atoms with Gasteiger partial charge in [0.1, 0.15) is 11.9 Å². The van der Waals surface area contributed by atoms with Crippen molar-refractivity contribution in [2.24, 2.45) is 5.73 Å². The van der Waals surface area contributed by atoms with Crippen LogP contribution in [0.4, 0.5) is 4.39 Å². The van der Waals surface area contributed by atoms with Crippen LogP contribution in [0.2, 0.25) is 0 Å². The molecule has 1 aliphatic rings. The highest BCUT2D eigenvalue weighted by atomic mass is 19.1. The monoisotopic (exact) mass is 281 g/mol. The molecule has 0 spiro atoms. The highest BCUT2D eigenvalue weighted by molar-refractivity contribution is 5.73. The number of halogens is 1. The van der Waals surface area contributed by atoms with E-state index in [-0.39, 0.29) is 12.4 Å². The Kier molecular flexibility index (Phi) is 5.05. The molecule has 6 heteroatoms. The molecule has 1 heterocycles. The first kappa shape index (κ1) is 14.9. The van der Waals surface area contributed by atoms with Crippen molar-refractivity contribution in [1.29, 1.82) is 0 Å². The summed E-state index contributed by atoms with van der Waals surface area (Å²) in [5.41, 5.74) is 6.57. The second-order valence-corrected chi connectivity index (χ2v) is 5.03. The fraction of sp³-hybridized carbons (Fsp3) is 0.500. The Morgan fingerprint density at radius 2 is 1.85 bits per heavy atom. The summed E-state index contributed by atoms with van der Waals surface area (Å²) in [4.78, 5) is 15.2. The molecule has 0 aromatic heterocycles. The number of piperazine rings is 1. The minimum absolute atomic E-state index is 0.132. The van der Waals surface area contributed by atoms with Crippen LogP contribution in [-0.4, -0.2) is 59.6 Å². The zero-order valence-electron chi connectivity index (χ0n) is 11.3. The lowest BCUT2D eigenvalue weighted by molar-refractivity contribution is -0.143. The Balaban J connectivity index is 1.85. The van der Waals surface area contributed by atoms with Crippen LogP contribution in [0.1, 0.15) is 5.56 Å². The lowest BCUT2D eigenvalue weighted by atomic mass is 10.1. The zero-order chi connectivity index (χ0) is 14.5. The van der Waals surface area contributed by atoms with Crippen molar-refractivity contribution in [3.63, 3.8) is 0 Å². The normalized spacial score (nSPS) is 18.9. The minimum atomic E-state index is -0.862. The smallest absolute Gasteiger partial charge is 0.322 e. The highest BCUT2D eigenvalue weighted by Gasteiger charge is 2.27. The Bertz CT molecular complexity index is 444. The second kappa shape index (κ2) is 6.78. The summed E-state index contributed by atoms with van der Waals surface area (Å²) in [6.45, 7) is 3.86. The third kappa shape index (κ3) is 3.75. The first-order valence-corrected chi connectivity index (χ1v) is 6.74. The molecule has 1 atom stereocenters. The van der Waals surface area contributed by atoms with Gasteiger partial charge in [-0.05, 0) is 17.7 Å². The molecule has 1 aromatic rings. The van der Waals surface area contributed by atoms with Gasteiger partial charge in [-0.2, -0.15) is 0 Å². The van der Waals surface area contributed by atoms with E-state index in [2.05, 4.69) is 4.90 Å². The maximum absolute atomic E-state index is 12.8. The molecule has 1 aliphatic heterocycles. The van der Waals surface area contributed by atoms with Crippen molar-refractivity contribution < 1.29 is 14.3 Å². The number of carboxylic acid groups (broad SMARTS) is 1. The van der Waals surface area contributed by atoms with E-state index in [0.29, 0.717) is 13.1 Å². The van der Waals surface area contributed by atoms with Gasteiger partial charge < -0.3 is 10.8 Å². The van der Waals surface area contributed by atoms with Gasteiger partial charge in [0.05, 0.1) is 0 Å². The molecule has 3 N–H and O–H groups in total.